The van der Waals surface area contributed by atoms with Gasteiger partial charge in [-0.2, -0.15) is 0 Å². The molecule has 1 N–H and O–H groups in total. The van der Waals surface area contributed by atoms with Gasteiger partial charge in [-0.15, -0.1) is 0 Å². The second kappa shape index (κ2) is 9.52. The molecule has 2 aliphatic heterocycles. The van der Waals surface area contributed by atoms with E-state index in [1.54, 1.807) is 6.92 Å². The van der Waals surface area contributed by atoms with Gasteiger partial charge in [0.15, 0.2) is 0 Å². The first-order valence-corrected chi connectivity index (χ1v) is 10.4. The van der Waals surface area contributed by atoms with Crippen LogP contribution in [-0.2, 0) is 11.2 Å². The summed E-state index contributed by atoms with van der Waals surface area (Å²) in [6, 6.07) is 11.9. The first-order chi connectivity index (χ1) is 12.7. The van der Waals surface area contributed by atoms with Crippen molar-refractivity contribution in [3.63, 3.8) is 0 Å². The minimum Gasteiger partial charge on any atom is -0.352 e. The normalized spacial score (nSPS) is 25.5. The topological polar surface area (TPSA) is 35.6 Å². The van der Waals surface area contributed by atoms with Crippen molar-refractivity contribution in [2.75, 3.05) is 32.7 Å². The van der Waals surface area contributed by atoms with Gasteiger partial charge in [0.25, 0.3) is 0 Å². The fraction of sp³-hybridized carbons (Fsp3) is 0.682. The first-order valence-electron chi connectivity index (χ1n) is 10.4. The monoisotopic (exact) mass is 357 g/mol. The van der Waals surface area contributed by atoms with Crippen LogP contribution < -0.4 is 5.32 Å². The van der Waals surface area contributed by atoms with E-state index in [2.05, 4.69) is 52.4 Å². The SMILES string of the molecule is CCC[C@@H]1CN(C2CCN(CCc3ccccc3)CC2)C[C@H]1NC(C)=O. The number of likely N-dealkylation sites (tertiary alicyclic amines) is 2. The highest BCUT2D eigenvalue weighted by molar-refractivity contribution is 5.73. The number of nitrogens with zero attached hydrogens (tertiary/aromatic N) is 2. The van der Waals surface area contributed by atoms with Gasteiger partial charge in [-0.1, -0.05) is 43.7 Å². The summed E-state index contributed by atoms with van der Waals surface area (Å²) in [5.41, 5.74) is 1.44. The Morgan fingerprint density at radius 3 is 2.54 bits per heavy atom. The maximum Gasteiger partial charge on any atom is 0.217 e. The van der Waals surface area contributed by atoms with E-state index in [9.17, 15) is 4.79 Å². The van der Waals surface area contributed by atoms with Gasteiger partial charge >= 0.3 is 0 Å². The summed E-state index contributed by atoms with van der Waals surface area (Å²) < 4.78 is 0. The summed E-state index contributed by atoms with van der Waals surface area (Å²) in [5, 5.41) is 3.20. The van der Waals surface area contributed by atoms with Gasteiger partial charge in [0.2, 0.25) is 5.91 Å². The summed E-state index contributed by atoms with van der Waals surface area (Å²) in [5.74, 6) is 0.744. The minimum atomic E-state index is 0.119. The number of carbonyl (C=O) groups excluding carboxylic acids is 1. The van der Waals surface area contributed by atoms with Crippen LogP contribution in [0.5, 0.6) is 0 Å². The molecule has 1 amide bonds. The molecule has 0 aromatic heterocycles. The lowest BCUT2D eigenvalue weighted by atomic mass is 9.98. The molecule has 2 atom stereocenters. The van der Waals surface area contributed by atoms with Crippen molar-refractivity contribution >= 4 is 5.91 Å². The highest BCUT2D eigenvalue weighted by Gasteiger charge is 2.36. The predicted molar refractivity (Wildman–Crippen MR) is 107 cm³/mol. The number of amides is 1. The van der Waals surface area contributed by atoms with Gasteiger partial charge in [-0.3, -0.25) is 9.69 Å². The van der Waals surface area contributed by atoms with E-state index in [-0.39, 0.29) is 5.91 Å². The Balaban J connectivity index is 1.44. The Labute approximate surface area is 158 Å². The van der Waals surface area contributed by atoms with Crippen LogP contribution in [0.3, 0.4) is 0 Å². The zero-order chi connectivity index (χ0) is 18.4. The molecular formula is C22H35N3O. The summed E-state index contributed by atoms with van der Waals surface area (Å²) in [6.07, 6.45) is 6.10. The van der Waals surface area contributed by atoms with E-state index in [4.69, 9.17) is 0 Å². The van der Waals surface area contributed by atoms with Crippen molar-refractivity contribution in [1.29, 1.82) is 0 Å². The summed E-state index contributed by atoms with van der Waals surface area (Å²) in [6.45, 7) is 9.68. The van der Waals surface area contributed by atoms with Crippen LogP contribution in [0, 0.1) is 5.92 Å². The molecule has 2 aliphatic rings. The van der Waals surface area contributed by atoms with E-state index in [0.717, 1.165) is 19.5 Å². The fourth-order valence-electron chi connectivity index (χ4n) is 4.73. The molecule has 2 saturated heterocycles. The van der Waals surface area contributed by atoms with Gasteiger partial charge in [-0.25, -0.2) is 0 Å². The van der Waals surface area contributed by atoms with E-state index < -0.39 is 0 Å². The predicted octanol–water partition coefficient (Wildman–Crippen LogP) is 2.93. The minimum absolute atomic E-state index is 0.119. The molecule has 4 heteroatoms. The van der Waals surface area contributed by atoms with Crippen molar-refractivity contribution in [1.82, 2.24) is 15.1 Å². The molecule has 0 bridgehead atoms. The van der Waals surface area contributed by atoms with Crippen LogP contribution >= 0.6 is 0 Å². The molecular weight excluding hydrogens is 322 g/mol. The molecule has 4 nitrogen and oxygen atoms in total. The second-order valence-electron chi connectivity index (χ2n) is 8.12. The summed E-state index contributed by atoms with van der Waals surface area (Å²) in [7, 11) is 0. The Hall–Kier alpha value is -1.39. The molecule has 0 saturated carbocycles. The lowest BCUT2D eigenvalue weighted by Gasteiger charge is -2.37. The number of nitrogens with one attached hydrogen (secondary N) is 1. The van der Waals surface area contributed by atoms with Crippen molar-refractivity contribution in [2.45, 2.75) is 58.0 Å². The van der Waals surface area contributed by atoms with E-state index >= 15 is 0 Å². The average molecular weight is 358 g/mol. The molecule has 0 unspecified atom stereocenters. The van der Waals surface area contributed by atoms with Crippen LogP contribution in [0.25, 0.3) is 0 Å². The third-order valence-corrected chi connectivity index (χ3v) is 6.15. The standard InChI is InChI=1S/C22H35N3O/c1-3-7-20-16-25(17-22(20)23-18(2)26)21-11-14-24(15-12-21)13-10-19-8-5-4-6-9-19/h4-6,8-9,20-22H,3,7,10-17H2,1-2H3,(H,23,26)/t20-,22-/m1/s1. The van der Waals surface area contributed by atoms with Gasteiger partial charge in [-0.05, 0) is 50.3 Å². The number of hydrogen-bond donors (Lipinski definition) is 1. The van der Waals surface area contributed by atoms with E-state index in [0.29, 0.717) is 18.0 Å². The molecule has 2 fully saturated rings. The third-order valence-electron chi connectivity index (χ3n) is 6.15. The van der Waals surface area contributed by atoms with Crippen LogP contribution in [0.1, 0.15) is 45.1 Å². The molecule has 1 aromatic rings. The zero-order valence-electron chi connectivity index (χ0n) is 16.5. The molecule has 0 aliphatic carbocycles. The third kappa shape index (κ3) is 5.31. The number of piperidine rings is 1. The number of benzene rings is 1. The van der Waals surface area contributed by atoms with Crippen molar-refractivity contribution in [2.24, 2.45) is 5.92 Å². The van der Waals surface area contributed by atoms with Gasteiger partial charge in [0.05, 0.1) is 0 Å². The maximum absolute atomic E-state index is 11.5. The molecule has 1 aromatic carbocycles. The lowest BCUT2D eigenvalue weighted by Crippen LogP contribution is -2.45. The highest BCUT2D eigenvalue weighted by Crippen LogP contribution is 2.27. The van der Waals surface area contributed by atoms with Crippen molar-refractivity contribution in [3.8, 4) is 0 Å². The molecule has 144 valence electrons. The lowest BCUT2D eigenvalue weighted by molar-refractivity contribution is -0.119. The molecule has 3 rings (SSSR count). The van der Waals surface area contributed by atoms with E-state index in [1.165, 1.54) is 50.9 Å². The summed E-state index contributed by atoms with van der Waals surface area (Å²) in [4.78, 5) is 16.8. The quantitative estimate of drug-likeness (QED) is 0.815. The van der Waals surface area contributed by atoms with Gasteiger partial charge in [0.1, 0.15) is 0 Å². The average Bonchev–Trinajstić information content (AvgIpc) is 3.03. The Kier molecular flexibility index (Phi) is 7.09. The number of hydrogen-bond acceptors (Lipinski definition) is 3. The van der Waals surface area contributed by atoms with Crippen LogP contribution in [0.4, 0.5) is 0 Å². The van der Waals surface area contributed by atoms with Crippen LogP contribution in [-0.4, -0.2) is 60.5 Å². The van der Waals surface area contributed by atoms with E-state index in [1.807, 2.05) is 0 Å². The Morgan fingerprint density at radius 1 is 1.15 bits per heavy atom. The highest BCUT2D eigenvalue weighted by atomic mass is 16.1. The van der Waals surface area contributed by atoms with Crippen LogP contribution in [0.15, 0.2) is 30.3 Å². The second-order valence-corrected chi connectivity index (χ2v) is 8.12. The largest absolute Gasteiger partial charge is 0.352 e. The van der Waals surface area contributed by atoms with Crippen molar-refractivity contribution in [3.05, 3.63) is 35.9 Å². The van der Waals surface area contributed by atoms with Gasteiger partial charge in [0, 0.05) is 38.6 Å². The van der Waals surface area contributed by atoms with Gasteiger partial charge < -0.3 is 10.2 Å². The maximum atomic E-state index is 11.5. The fourth-order valence-corrected chi connectivity index (χ4v) is 4.73. The first kappa shape index (κ1) is 19.4. The number of carbonyl (C=O) groups is 1. The molecule has 26 heavy (non-hydrogen) atoms. The molecule has 2 heterocycles. The molecule has 0 radical (unpaired) electrons. The smallest absolute Gasteiger partial charge is 0.217 e. The number of rotatable bonds is 7. The zero-order valence-corrected chi connectivity index (χ0v) is 16.5. The van der Waals surface area contributed by atoms with Crippen LogP contribution in [0.2, 0.25) is 0 Å². The molecule has 0 spiro atoms. The van der Waals surface area contributed by atoms with Crippen molar-refractivity contribution < 1.29 is 4.79 Å². The summed E-state index contributed by atoms with van der Waals surface area (Å²) >= 11 is 0. The Bertz CT molecular complexity index is 554. The Morgan fingerprint density at radius 2 is 1.88 bits per heavy atom.